The third-order valence-electron chi connectivity index (χ3n) is 2.25. The molecule has 0 aliphatic heterocycles. The Bertz CT molecular complexity index is 265. The van der Waals surface area contributed by atoms with Crippen molar-refractivity contribution in [1.82, 2.24) is 15.1 Å². The number of hydrogen-bond donors (Lipinski definition) is 1. The molecule has 1 aromatic heterocycles. The Morgan fingerprint density at radius 1 is 1.54 bits per heavy atom. The third-order valence-corrected chi connectivity index (χ3v) is 2.25. The molecule has 13 heavy (non-hydrogen) atoms. The van der Waals surface area contributed by atoms with Crippen LogP contribution in [0.3, 0.4) is 0 Å². The quantitative estimate of drug-likeness (QED) is 0.767. The zero-order chi connectivity index (χ0) is 9.84. The van der Waals surface area contributed by atoms with E-state index in [0.29, 0.717) is 6.04 Å². The van der Waals surface area contributed by atoms with E-state index in [1.165, 1.54) is 5.69 Å². The summed E-state index contributed by atoms with van der Waals surface area (Å²) in [5.74, 6) is 0. The molecule has 0 saturated heterocycles. The Morgan fingerprint density at radius 3 is 2.62 bits per heavy atom. The zero-order valence-corrected chi connectivity index (χ0v) is 8.96. The van der Waals surface area contributed by atoms with Gasteiger partial charge in [-0.25, -0.2) is 0 Å². The summed E-state index contributed by atoms with van der Waals surface area (Å²) in [4.78, 5) is 0. The van der Waals surface area contributed by atoms with E-state index in [2.05, 4.69) is 30.3 Å². The number of nitrogens with zero attached hydrogens (tertiary/aromatic N) is 2. The van der Waals surface area contributed by atoms with Crippen molar-refractivity contribution >= 4 is 0 Å². The van der Waals surface area contributed by atoms with E-state index in [-0.39, 0.29) is 0 Å². The van der Waals surface area contributed by atoms with Crippen molar-refractivity contribution in [3.63, 3.8) is 0 Å². The van der Waals surface area contributed by atoms with Crippen LogP contribution in [0.1, 0.15) is 37.7 Å². The Hall–Kier alpha value is -0.830. The molecule has 0 radical (unpaired) electrons. The highest BCUT2D eigenvalue weighted by Gasteiger charge is 2.12. The maximum absolute atomic E-state index is 4.34. The van der Waals surface area contributed by atoms with Gasteiger partial charge >= 0.3 is 0 Å². The van der Waals surface area contributed by atoms with Gasteiger partial charge in [0.25, 0.3) is 0 Å². The SMILES string of the molecule is CCNC(CC)c1cc(C)nn1C. The van der Waals surface area contributed by atoms with Crippen LogP contribution in [0.4, 0.5) is 0 Å². The summed E-state index contributed by atoms with van der Waals surface area (Å²) in [6.45, 7) is 7.35. The van der Waals surface area contributed by atoms with Crippen LogP contribution in [0.15, 0.2) is 6.07 Å². The summed E-state index contributed by atoms with van der Waals surface area (Å²) in [6, 6.07) is 2.59. The van der Waals surface area contributed by atoms with Crippen molar-refractivity contribution in [1.29, 1.82) is 0 Å². The van der Waals surface area contributed by atoms with E-state index >= 15 is 0 Å². The van der Waals surface area contributed by atoms with Gasteiger partial charge in [0.15, 0.2) is 0 Å². The minimum absolute atomic E-state index is 0.441. The van der Waals surface area contributed by atoms with Gasteiger partial charge in [-0.3, -0.25) is 4.68 Å². The fraction of sp³-hybridized carbons (Fsp3) is 0.700. The Labute approximate surface area is 80.1 Å². The van der Waals surface area contributed by atoms with Gasteiger partial charge in [-0.05, 0) is 26.0 Å². The molecule has 1 atom stereocenters. The lowest BCUT2D eigenvalue weighted by molar-refractivity contribution is 0.497. The third kappa shape index (κ3) is 2.31. The van der Waals surface area contributed by atoms with Crippen molar-refractivity contribution < 1.29 is 0 Å². The highest BCUT2D eigenvalue weighted by molar-refractivity contribution is 5.12. The van der Waals surface area contributed by atoms with Crippen LogP contribution < -0.4 is 5.32 Å². The van der Waals surface area contributed by atoms with Gasteiger partial charge in [-0.2, -0.15) is 5.10 Å². The molecule has 0 aromatic carbocycles. The fourth-order valence-corrected chi connectivity index (χ4v) is 1.66. The standard InChI is InChI=1S/C10H19N3/c1-5-9(11-6-2)10-7-8(3)12-13(10)4/h7,9,11H,5-6H2,1-4H3. The van der Waals surface area contributed by atoms with E-state index in [4.69, 9.17) is 0 Å². The first-order valence-corrected chi connectivity index (χ1v) is 4.93. The maximum atomic E-state index is 4.34. The topological polar surface area (TPSA) is 29.9 Å². The Balaban J connectivity index is 2.83. The maximum Gasteiger partial charge on any atom is 0.0597 e. The van der Waals surface area contributed by atoms with Gasteiger partial charge in [0.05, 0.1) is 11.4 Å². The predicted octanol–water partition coefficient (Wildman–Crippen LogP) is 1.79. The van der Waals surface area contributed by atoms with Gasteiger partial charge in [0.2, 0.25) is 0 Å². The van der Waals surface area contributed by atoms with E-state index < -0.39 is 0 Å². The first kappa shape index (κ1) is 10.3. The molecule has 0 spiro atoms. The molecule has 1 N–H and O–H groups in total. The highest BCUT2D eigenvalue weighted by atomic mass is 15.3. The summed E-state index contributed by atoms with van der Waals surface area (Å²) in [5.41, 5.74) is 2.37. The average Bonchev–Trinajstić information content (AvgIpc) is 2.41. The molecule has 0 bridgehead atoms. The Kier molecular flexibility index (Phi) is 3.48. The smallest absolute Gasteiger partial charge is 0.0597 e. The minimum Gasteiger partial charge on any atom is -0.309 e. The number of rotatable bonds is 4. The molecule has 3 nitrogen and oxygen atoms in total. The molecular weight excluding hydrogens is 162 g/mol. The van der Waals surface area contributed by atoms with Gasteiger partial charge in [0, 0.05) is 13.1 Å². The second-order valence-electron chi connectivity index (χ2n) is 3.35. The molecule has 0 saturated carbocycles. The van der Waals surface area contributed by atoms with Gasteiger partial charge in [-0.15, -0.1) is 0 Å². The number of nitrogens with one attached hydrogen (secondary N) is 1. The van der Waals surface area contributed by atoms with Crippen LogP contribution >= 0.6 is 0 Å². The summed E-state index contributed by atoms with van der Waals surface area (Å²) in [6.07, 6.45) is 1.10. The molecule has 1 unspecified atom stereocenters. The Morgan fingerprint density at radius 2 is 2.23 bits per heavy atom. The zero-order valence-electron chi connectivity index (χ0n) is 8.96. The molecule has 3 heteroatoms. The summed E-state index contributed by atoms with van der Waals surface area (Å²) >= 11 is 0. The van der Waals surface area contributed by atoms with E-state index in [9.17, 15) is 0 Å². The number of aromatic nitrogens is 2. The molecular formula is C10H19N3. The monoisotopic (exact) mass is 181 g/mol. The summed E-state index contributed by atoms with van der Waals surface area (Å²) < 4.78 is 1.96. The van der Waals surface area contributed by atoms with Crippen molar-refractivity contribution in [2.75, 3.05) is 6.54 Å². The molecule has 1 rings (SSSR count). The molecule has 1 aromatic rings. The minimum atomic E-state index is 0.441. The summed E-state index contributed by atoms with van der Waals surface area (Å²) in [5, 5.41) is 7.78. The van der Waals surface area contributed by atoms with Crippen LogP contribution in [0.5, 0.6) is 0 Å². The lowest BCUT2D eigenvalue weighted by atomic mass is 10.1. The van der Waals surface area contributed by atoms with Crippen molar-refractivity contribution in [3.8, 4) is 0 Å². The second-order valence-corrected chi connectivity index (χ2v) is 3.35. The van der Waals surface area contributed by atoms with E-state index in [1.54, 1.807) is 0 Å². The molecule has 0 aliphatic rings. The highest BCUT2D eigenvalue weighted by Crippen LogP contribution is 2.16. The number of aryl methyl sites for hydroxylation is 2. The lowest BCUT2D eigenvalue weighted by Gasteiger charge is -2.15. The van der Waals surface area contributed by atoms with Crippen LogP contribution in [0, 0.1) is 6.92 Å². The lowest BCUT2D eigenvalue weighted by Crippen LogP contribution is -2.22. The predicted molar refractivity (Wildman–Crippen MR) is 54.7 cm³/mol. The van der Waals surface area contributed by atoms with Crippen LogP contribution in [-0.2, 0) is 7.05 Å². The van der Waals surface area contributed by atoms with Crippen molar-refractivity contribution in [2.45, 2.75) is 33.2 Å². The first-order chi connectivity index (χ1) is 6.19. The molecule has 74 valence electrons. The second kappa shape index (κ2) is 4.42. The molecule has 0 aliphatic carbocycles. The molecule has 1 heterocycles. The van der Waals surface area contributed by atoms with Crippen LogP contribution in [0.25, 0.3) is 0 Å². The van der Waals surface area contributed by atoms with Crippen LogP contribution in [-0.4, -0.2) is 16.3 Å². The van der Waals surface area contributed by atoms with E-state index in [1.807, 2.05) is 18.7 Å². The first-order valence-electron chi connectivity index (χ1n) is 4.93. The van der Waals surface area contributed by atoms with Gasteiger partial charge in [0.1, 0.15) is 0 Å². The van der Waals surface area contributed by atoms with Crippen molar-refractivity contribution in [3.05, 3.63) is 17.5 Å². The largest absolute Gasteiger partial charge is 0.309 e. The summed E-state index contributed by atoms with van der Waals surface area (Å²) in [7, 11) is 2.00. The fourth-order valence-electron chi connectivity index (χ4n) is 1.66. The average molecular weight is 181 g/mol. The van der Waals surface area contributed by atoms with Crippen LogP contribution in [0.2, 0.25) is 0 Å². The molecule has 0 amide bonds. The number of hydrogen-bond acceptors (Lipinski definition) is 2. The van der Waals surface area contributed by atoms with Crippen molar-refractivity contribution in [2.24, 2.45) is 7.05 Å². The normalized spacial score (nSPS) is 13.2. The van der Waals surface area contributed by atoms with Gasteiger partial charge in [-0.1, -0.05) is 13.8 Å². The molecule has 0 fully saturated rings. The van der Waals surface area contributed by atoms with Gasteiger partial charge < -0.3 is 5.32 Å². The van der Waals surface area contributed by atoms with E-state index in [0.717, 1.165) is 18.7 Å².